The average Bonchev–Trinajstić information content (AvgIpc) is 3.01. The van der Waals surface area contributed by atoms with Crippen molar-refractivity contribution in [3.05, 3.63) is 52.0 Å². The summed E-state index contributed by atoms with van der Waals surface area (Å²) in [6.45, 7) is 0. The summed E-state index contributed by atoms with van der Waals surface area (Å²) in [6.07, 6.45) is 0. The zero-order chi connectivity index (χ0) is 19.4. The van der Waals surface area contributed by atoms with Crippen LogP contribution in [-0.4, -0.2) is 33.5 Å². The molecule has 27 heavy (non-hydrogen) atoms. The van der Waals surface area contributed by atoms with E-state index < -0.39 is 0 Å². The molecule has 0 saturated heterocycles. The van der Waals surface area contributed by atoms with Gasteiger partial charge in [-0.25, -0.2) is 0 Å². The van der Waals surface area contributed by atoms with Crippen molar-refractivity contribution in [3.8, 4) is 17.1 Å². The maximum atomic E-state index is 12.3. The van der Waals surface area contributed by atoms with Crippen LogP contribution >= 0.6 is 39.3 Å². The maximum Gasteiger partial charge on any atom is 0.234 e. The highest BCUT2D eigenvalue weighted by atomic mass is 79.9. The van der Waals surface area contributed by atoms with Crippen LogP contribution in [0.4, 0.5) is 5.69 Å². The highest BCUT2D eigenvalue weighted by Gasteiger charge is 2.14. The Kier molecular flexibility index (Phi) is 6.41. The minimum absolute atomic E-state index is 0.183. The Hall–Kier alpha value is -2.03. The van der Waals surface area contributed by atoms with Crippen LogP contribution in [0, 0.1) is 0 Å². The van der Waals surface area contributed by atoms with Crippen LogP contribution in [0.25, 0.3) is 11.4 Å². The minimum atomic E-state index is -0.186. The number of nitrogens with one attached hydrogen (secondary N) is 1. The summed E-state index contributed by atoms with van der Waals surface area (Å²) in [5, 5.41) is 12.4. The number of thioether (sulfide) groups is 1. The highest BCUT2D eigenvalue weighted by molar-refractivity contribution is 9.10. The molecule has 0 unspecified atom stereocenters. The van der Waals surface area contributed by atoms with Gasteiger partial charge in [0.25, 0.3) is 0 Å². The molecule has 9 heteroatoms. The number of benzene rings is 2. The zero-order valence-corrected chi connectivity index (χ0v) is 17.7. The third-order valence-corrected chi connectivity index (χ3v) is 5.49. The number of halogens is 2. The summed E-state index contributed by atoms with van der Waals surface area (Å²) in [5.41, 5.74) is 1.48. The summed E-state index contributed by atoms with van der Waals surface area (Å²) in [7, 11) is 3.41. The van der Waals surface area contributed by atoms with Crippen molar-refractivity contribution >= 4 is 50.9 Å². The van der Waals surface area contributed by atoms with Crippen molar-refractivity contribution in [2.24, 2.45) is 7.05 Å². The number of carbonyl (C=O) groups excluding carboxylic acids is 1. The molecule has 0 radical (unpaired) electrons. The number of hydrogen-bond donors (Lipinski definition) is 1. The first-order valence-corrected chi connectivity index (χ1v) is 10.0. The van der Waals surface area contributed by atoms with E-state index >= 15 is 0 Å². The Morgan fingerprint density at radius 3 is 2.70 bits per heavy atom. The number of amides is 1. The van der Waals surface area contributed by atoms with E-state index in [1.165, 1.54) is 18.9 Å². The first-order valence-electron chi connectivity index (χ1n) is 7.89. The quantitative estimate of drug-likeness (QED) is 0.535. The van der Waals surface area contributed by atoms with E-state index in [1.54, 1.807) is 18.2 Å². The smallest absolute Gasteiger partial charge is 0.234 e. The fraction of sp³-hybridized carbons (Fsp3) is 0.167. The van der Waals surface area contributed by atoms with Gasteiger partial charge in [0.1, 0.15) is 5.75 Å². The fourth-order valence-electron chi connectivity index (χ4n) is 2.39. The topological polar surface area (TPSA) is 69.0 Å². The van der Waals surface area contributed by atoms with Crippen molar-refractivity contribution in [1.29, 1.82) is 0 Å². The van der Waals surface area contributed by atoms with Gasteiger partial charge in [-0.2, -0.15) is 0 Å². The van der Waals surface area contributed by atoms with Crippen molar-refractivity contribution < 1.29 is 9.53 Å². The molecule has 0 atom stereocenters. The van der Waals surface area contributed by atoms with Crippen LogP contribution in [0.3, 0.4) is 0 Å². The first kappa shape index (κ1) is 19.7. The van der Waals surface area contributed by atoms with Gasteiger partial charge in [0.05, 0.1) is 18.6 Å². The van der Waals surface area contributed by atoms with E-state index in [0.29, 0.717) is 21.6 Å². The lowest BCUT2D eigenvalue weighted by Gasteiger charge is -2.10. The van der Waals surface area contributed by atoms with Crippen LogP contribution in [0.1, 0.15) is 0 Å². The zero-order valence-electron chi connectivity index (χ0n) is 14.6. The standard InChI is InChI=1S/C18H16BrClN4O2S/c1-24-17(11-3-5-12(19)6-4-11)22-23-18(24)27-10-16(25)21-14-9-13(20)7-8-15(14)26-2/h3-9H,10H2,1-2H3,(H,21,25). The van der Waals surface area contributed by atoms with Crippen molar-refractivity contribution in [3.63, 3.8) is 0 Å². The van der Waals surface area contributed by atoms with Crippen molar-refractivity contribution in [2.45, 2.75) is 5.16 Å². The van der Waals surface area contributed by atoms with E-state index in [1.807, 2.05) is 35.9 Å². The van der Waals surface area contributed by atoms with E-state index in [-0.39, 0.29) is 11.7 Å². The number of nitrogens with zero attached hydrogens (tertiary/aromatic N) is 3. The predicted octanol–water partition coefficient (Wildman–Crippen LogP) is 4.64. The lowest BCUT2D eigenvalue weighted by Crippen LogP contribution is -2.15. The summed E-state index contributed by atoms with van der Waals surface area (Å²) in [5.74, 6) is 1.28. The highest BCUT2D eigenvalue weighted by Crippen LogP contribution is 2.28. The Labute approximate surface area is 174 Å². The van der Waals surface area contributed by atoms with E-state index in [9.17, 15) is 4.79 Å². The van der Waals surface area contributed by atoms with Crippen LogP contribution in [0.15, 0.2) is 52.1 Å². The van der Waals surface area contributed by atoms with Gasteiger partial charge < -0.3 is 14.6 Å². The van der Waals surface area contributed by atoms with Gasteiger partial charge >= 0.3 is 0 Å². The fourth-order valence-corrected chi connectivity index (χ4v) is 3.53. The van der Waals surface area contributed by atoms with Crippen LogP contribution < -0.4 is 10.1 Å². The molecular weight excluding hydrogens is 452 g/mol. The molecule has 1 N–H and O–H groups in total. The molecule has 0 fully saturated rings. The molecule has 0 aliphatic carbocycles. The Balaban J connectivity index is 1.66. The van der Waals surface area contributed by atoms with Gasteiger partial charge in [-0.1, -0.05) is 51.4 Å². The second kappa shape index (κ2) is 8.77. The largest absolute Gasteiger partial charge is 0.495 e. The SMILES string of the molecule is COc1ccc(Cl)cc1NC(=O)CSc1nnc(-c2ccc(Br)cc2)n1C. The number of hydrogen-bond acceptors (Lipinski definition) is 5. The summed E-state index contributed by atoms with van der Waals surface area (Å²) in [4.78, 5) is 12.3. The monoisotopic (exact) mass is 466 g/mol. The average molecular weight is 468 g/mol. The number of aromatic nitrogens is 3. The predicted molar refractivity (Wildman–Crippen MR) is 111 cm³/mol. The molecule has 140 valence electrons. The second-order valence-corrected chi connectivity index (χ2v) is 7.85. The van der Waals surface area contributed by atoms with Gasteiger partial charge in [0, 0.05) is 22.1 Å². The number of ether oxygens (including phenoxy) is 1. The molecule has 2 aromatic carbocycles. The Morgan fingerprint density at radius 2 is 2.00 bits per heavy atom. The number of anilines is 1. The molecule has 0 bridgehead atoms. The third-order valence-electron chi connectivity index (χ3n) is 3.71. The van der Waals surface area contributed by atoms with Gasteiger partial charge in [0.15, 0.2) is 11.0 Å². The molecule has 3 rings (SSSR count). The van der Waals surface area contributed by atoms with Crippen molar-refractivity contribution in [1.82, 2.24) is 14.8 Å². The minimum Gasteiger partial charge on any atom is -0.495 e. The Morgan fingerprint density at radius 1 is 1.26 bits per heavy atom. The third kappa shape index (κ3) is 4.82. The van der Waals surface area contributed by atoms with E-state index in [2.05, 4.69) is 31.4 Å². The van der Waals surface area contributed by atoms with Crippen LogP contribution in [0.5, 0.6) is 5.75 Å². The maximum absolute atomic E-state index is 12.3. The second-order valence-electron chi connectivity index (χ2n) is 5.55. The number of carbonyl (C=O) groups is 1. The Bertz CT molecular complexity index is 962. The number of rotatable bonds is 6. The molecule has 0 aliphatic heterocycles. The summed E-state index contributed by atoms with van der Waals surface area (Å²) in [6, 6.07) is 12.9. The van der Waals surface area contributed by atoms with Gasteiger partial charge in [-0.15, -0.1) is 10.2 Å². The van der Waals surface area contributed by atoms with Gasteiger partial charge in [-0.3, -0.25) is 4.79 Å². The molecule has 1 amide bonds. The molecule has 0 saturated carbocycles. The molecule has 0 spiro atoms. The van der Waals surface area contributed by atoms with Gasteiger partial charge in [0.2, 0.25) is 5.91 Å². The lowest BCUT2D eigenvalue weighted by atomic mass is 10.2. The van der Waals surface area contributed by atoms with Crippen LogP contribution in [0.2, 0.25) is 5.02 Å². The van der Waals surface area contributed by atoms with E-state index in [4.69, 9.17) is 16.3 Å². The molecule has 1 heterocycles. The molecule has 6 nitrogen and oxygen atoms in total. The molecule has 0 aliphatic rings. The van der Waals surface area contributed by atoms with E-state index in [0.717, 1.165) is 15.9 Å². The molecule has 3 aromatic rings. The summed E-state index contributed by atoms with van der Waals surface area (Å²) < 4.78 is 8.09. The van der Waals surface area contributed by atoms with Crippen molar-refractivity contribution in [2.75, 3.05) is 18.2 Å². The first-order chi connectivity index (χ1) is 13.0. The normalized spacial score (nSPS) is 10.7. The van der Waals surface area contributed by atoms with Gasteiger partial charge in [-0.05, 0) is 30.3 Å². The summed E-state index contributed by atoms with van der Waals surface area (Å²) >= 11 is 10.7. The van der Waals surface area contributed by atoms with Crippen LogP contribution in [-0.2, 0) is 11.8 Å². The molecular formula is C18H16BrClN4O2S. The number of methoxy groups -OCH3 is 1. The lowest BCUT2D eigenvalue weighted by molar-refractivity contribution is -0.113. The molecule has 1 aromatic heterocycles.